The summed E-state index contributed by atoms with van der Waals surface area (Å²) in [5.41, 5.74) is 8.58. The molecule has 5 heteroatoms. The van der Waals surface area contributed by atoms with Gasteiger partial charge in [0.25, 0.3) is 5.56 Å². The van der Waals surface area contributed by atoms with E-state index in [1.807, 2.05) is 44.2 Å². The van der Waals surface area contributed by atoms with E-state index in [9.17, 15) is 14.4 Å². The van der Waals surface area contributed by atoms with E-state index in [-0.39, 0.29) is 29.6 Å². The van der Waals surface area contributed by atoms with Crippen molar-refractivity contribution >= 4 is 17.6 Å². The minimum Gasteiger partial charge on any atom is -0.325 e. The molecular formula is C22H24N2O3. The van der Waals surface area contributed by atoms with E-state index >= 15 is 0 Å². The molecule has 0 radical (unpaired) electrons. The highest BCUT2D eigenvalue weighted by atomic mass is 16.2. The molecule has 1 aromatic carbocycles. The SMILES string of the molecule is CC(=O)C1C=Cc2c(c(-c3ccccc3)c(CN)n(CC(C)C)c2=O)C1=O. The lowest BCUT2D eigenvalue weighted by atomic mass is 9.81. The van der Waals surface area contributed by atoms with Gasteiger partial charge in [0.15, 0.2) is 5.78 Å². The maximum atomic E-state index is 13.2. The average Bonchev–Trinajstić information content (AvgIpc) is 2.64. The molecule has 1 heterocycles. The highest BCUT2D eigenvalue weighted by Crippen LogP contribution is 2.34. The van der Waals surface area contributed by atoms with E-state index in [1.54, 1.807) is 10.6 Å². The van der Waals surface area contributed by atoms with Crippen LogP contribution in [0.2, 0.25) is 0 Å². The topological polar surface area (TPSA) is 82.2 Å². The van der Waals surface area contributed by atoms with Crippen LogP contribution in [0.1, 0.15) is 42.4 Å². The van der Waals surface area contributed by atoms with Crippen LogP contribution in [0.25, 0.3) is 17.2 Å². The second-order valence-corrected chi connectivity index (χ2v) is 7.30. The third-order valence-corrected chi connectivity index (χ3v) is 4.84. The highest BCUT2D eigenvalue weighted by Gasteiger charge is 2.33. The van der Waals surface area contributed by atoms with E-state index in [0.717, 1.165) is 5.56 Å². The number of nitrogens with zero attached hydrogens (tertiary/aromatic N) is 1. The van der Waals surface area contributed by atoms with E-state index in [1.165, 1.54) is 13.0 Å². The zero-order valence-electron chi connectivity index (χ0n) is 15.9. The van der Waals surface area contributed by atoms with E-state index in [2.05, 4.69) is 0 Å². The lowest BCUT2D eigenvalue weighted by Gasteiger charge is -2.25. The first-order chi connectivity index (χ1) is 12.9. The molecule has 1 aromatic heterocycles. The molecule has 0 fully saturated rings. The smallest absolute Gasteiger partial charge is 0.258 e. The summed E-state index contributed by atoms with van der Waals surface area (Å²) in [5.74, 6) is -1.18. The molecule has 0 amide bonds. The second kappa shape index (κ2) is 7.45. The quantitative estimate of drug-likeness (QED) is 0.827. The van der Waals surface area contributed by atoms with Crippen LogP contribution in [-0.2, 0) is 17.9 Å². The Morgan fingerprint density at radius 3 is 2.37 bits per heavy atom. The summed E-state index contributed by atoms with van der Waals surface area (Å²) >= 11 is 0. The van der Waals surface area contributed by atoms with Crippen molar-refractivity contribution in [2.45, 2.75) is 33.9 Å². The molecule has 1 aliphatic carbocycles. The number of Topliss-reactive ketones (excluding diaryl/α,β-unsaturated/α-hetero) is 2. The van der Waals surface area contributed by atoms with Crippen LogP contribution in [0.4, 0.5) is 0 Å². The molecule has 5 nitrogen and oxygen atoms in total. The number of pyridine rings is 1. The molecule has 2 aromatic rings. The van der Waals surface area contributed by atoms with Gasteiger partial charge in [0.05, 0.1) is 11.5 Å². The number of ketones is 2. The maximum Gasteiger partial charge on any atom is 0.258 e. The predicted octanol–water partition coefficient (Wildman–Crippen LogP) is 3.04. The Hall–Kier alpha value is -2.79. The summed E-state index contributed by atoms with van der Waals surface area (Å²) in [6, 6.07) is 9.44. The first kappa shape index (κ1) is 19.0. The van der Waals surface area contributed by atoms with Gasteiger partial charge in [-0.25, -0.2) is 0 Å². The van der Waals surface area contributed by atoms with Gasteiger partial charge in [-0.05, 0) is 18.4 Å². The Bertz CT molecular complexity index is 985. The molecule has 3 rings (SSSR count). The van der Waals surface area contributed by atoms with Crippen molar-refractivity contribution in [1.29, 1.82) is 0 Å². The fraction of sp³-hybridized carbons (Fsp3) is 0.318. The first-order valence-corrected chi connectivity index (χ1v) is 9.14. The maximum absolute atomic E-state index is 13.2. The Labute approximate surface area is 158 Å². The molecule has 0 saturated heterocycles. The molecule has 0 aliphatic heterocycles. The monoisotopic (exact) mass is 364 g/mol. The van der Waals surface area contributed by atoms with Crippen molar-refractivity contribution in [2.24, 2.45) is 17.6 Å². The van der Waals surface area contributed by atoms with Gasteiger partial charge in [0.2, 0.25) is 0 Å². The van der Waals surface area contributed by atoms with Crippen LogP contribution in [0, 0.1) is 11.8 Å². The summed E-state index contributed by atoms with van der Waals surface area (Å²) < 4.78 is 1.68. The Morgan fingerprint density at radius 1 is 1.15 bits per heavy atom. The summed E-state index contributed by atoms with van der Waals surface area (Å²) in [4.78, 5) is 38.2. The molecule has 0 bridgehead atoms. The summed E-state index contributed by atoms with van der Waals surface area (Å²) in [6.07, 6.45) is 3.15. The van der Waals surface area contributed by atoms with Gasteiger partial charge >= 0.3 is 0 Å². The first-order valence-electron chi connectivity index (χ1n) is 9.14. The average molecular weight is 364 g/mol. The number of carbonyl (C=O) groups is 2. The fourth-order valence-corrected chi connectivity index (χ4v) is 3.64. The van der Waals surface area contributed by atoms with Gasteiger partial charge < -0.3 is 10.3 Å². The van der Waals surface area contributed by atoms with Gasteiger partial charge in [-0.15, -0.1) is 0 Å². The molecule has 140 valence electrons. The van der Waals surface area contributed by atoms with Crippen molar-refractivity contribution in [3.8, 4) is 11.1 Å². The summed E-state index contributed by atoms with van der Waals surface area (Å²) in [7, 11) is 0. The largest absolute Gasteiger partial charge is 0.325 e. The van der Waals surface area contributed by atoms with Crippen LogP contribution in [0.5, 0.6) is 0 Å². The van der Waals surface area contributed by atoms with Gasteiger partial charge in [-0.3, -0.25) is 14.4 Å². The molecular weight excluding hydrogens is 340 g/mol. The standard InChI is InChI=1S/C22H24N2O3/c1-13(2)12-24-18(11-23)19(15-7-5-4-6-8-15)20-17(22(24)27)10-9-16(14(3)25)21(20)26/h4-10,13,16H,11-12,23H2,1-3H3. The molecule has 2 N–H and O–H groups in total. The Morgan fingerprint density at radius 2 is 1.81 bits per heavy atom. The molecule has 1 unspecified atom stereocenters. The number of carbonyl (C=O) groups excluding carboxylic acids is 2. The van der Waals surface area contributed by atoms with Crippen LogP contribution in [0.15, 0.2) is 41.2 Å². The number of allylic oxidation sites excluding steroid dienone is 1. The van der Waals surface area contributed by atoms with Crippen molar-refractivity contribution in [2.75, 3.05) is 0 Å². The summed E-state index contributed by atoms with van der Waals surface area (Å²) in [6.45, 7) is 6.09. The van der Waals surface area contributed by atoms with Crippen molar-refractivity contribution < 1.29 is 9.59 Å². The highest BCUT2D eigenvalue weighted by molar-refractivity contribution is 6.18. The third-order valence-electron chi connectivity index (χ3n) is 4.84. The van der Waals surface area contributed by atoms with Gasteiger partial charge in [-0.2, -0.15) is 0 Å². The zero-order chi connectivity index (χ0) is 19.7. The number of hydrogen-bond acceptors (Lipinski definition) is 4. The second-order valence-electron chi connectivity index (χ2n) is 7.30. The molecule has 1 aliphatic rings. The van der Waals surface area contributed by atoms with Gasteiger partial charge in [0.1, 0.15) is 5.78 Å². The van der Waals surface area contributed by atoms with E-state index in [4.69, 9.17) is 5.73 Å². The summed E-state index contributed by atoms with van der Waals surface area (Å²) in [5, 5.41) is 0. The zero-order valence-corrected chi connectivity index (χ0v) is 15.9. The minimum atomic E-state index is -0.856. The molecule has 27 heavy (non-hydrogen) atoms. The number of fused-ring (bicyclic) bond motifs is 1. The van der Waals surface area contributed by atoms with Crippen LogP contribution >= 0.6 is 0 Å². The minimum absolute atomic E-state index is 0.126. The number of aromatic nitrogens is 1. The molecule has 0 saturated carbocycles. The van der Waals surface area contributed by atoms with E-state index < -0.39 is 5.92 Å². The Kier molecular flexibility index (Phi) is 5.24. The molecule has 1 atom stereocenters. The number of hydrogen-bond donors (Lipinski definition) is 1. The normalized spacial score (nSPS) is 15.9. The lowest BCUT2D eigenvalue weighted by Crippen LogP contribution is -2.35. The van der Waals surface area contributed by atoms with Crippen LogP contribution in [-0.4, -0.2) is 16.1 Å². The third kappa shape index (κ3) is 3.30. The van der Waals surface area contributed by atoms with Crippen molar-refractivity contribution in [3.63, 3.8) is 0 Å². The number of benzene rings is 1. The van der Waals surface area contributed by atoms with Crippen molar-refractivity contribution in [1.82, 2.24) is 4.57 Å². The van der Waals surface area contributed by atoms with Crippen molar-refractivity contribution in [3.05, 3.63) is 63.6 Å². The molecule has 0 spiro atoms. The van der Waals surface area contributed by atoms with E-state index in [0.29, 0.717) is 28.9 Å². The van der Waals surface area contributed by atoms with Crippen LogP contribution in [0.3, 0.4) is 0 Å². The Balaban J connectivity index is 2.43. The van der Waals surface area contributed by atoms with Gasteiger partial charge in [-0.1, -0.05) is 56.3 Å². The number of nitrogens with two attached hydrogens (primary N) is 1. The fourth-order valence-electron chi connectivity index (χ4n) is 3.64. The van der Waals surface area contributed by atoms with Crippen LogP contribution < -0.4 is 11.3 Å². The van der Waals surface area contributed by atoms with Gasteiger partial charge in [0, 0.05) is 29.9 Å². The lowest BCUT2D eigenvalue weighted by molar-refractivity contribution is -0.118. The predicted molar refractivity (Wildman–Crippen MR) is 106 cm³/mol. The number of rotatable bonds is 5.